The predicted molar refractivity (Wildman–Crippen MR) is 116 cm³/mol. The summed E-state index contributed by atoms with van der Waals surface area (Å²) < 4.78 is 3.21. The van der Waals surface area contributed by atoms with Crippen LogP contribution in [0.25, 0.3) is 16.7 Å². The van der Waals surface area contributed by atoms with Gasteiger partial charge in [-0.05, 0) is 17.7 Å². The maximum absolute atomic E-state index is 13.2. The van der Waals surface area contributed by atoms with Crippen molar-refractivity contribution in [1.82, 2.24) is 9.38 Å². The molecule has 0 radical (unpaired) electrons. The van der Waals surface area contributed by atoms with Crippen LogP contribution in [0, 0.1) is 0 Å². The molecule has 0 unspecified atom stereocenters. The Balaban J connectivity index is 1.63. The van der Waals surface area contributed by atoms with E-state index in [0.29, 0.717) is 10.4 Å². The third-order valence-electron chi connectivity index (χ3n) is 4.59. The lowest BCUT2D eigenvalue weighted by atomic mass is 10.1. The fourth-order valence-corrected chi connectivity index (χ4v) is 5.65. The number of nitrogens with zero attached hydrogens (tertiary/aromatic N) is 2. The number of ketones is 1. The van der Waals surface area contributed by atoms with Crippen LogP contribution in [0.3, 0.4) is 0 Å². The fourth-order valence-electron chi connectivity index (χ4n) is 3.23. The van der Waals surface area contributed by atoms with Crippen molar-refractivity contribution in [3.63, 3.8) is 0 Å². The number of thiophene rings is 1. The molecule has 0 aliphatic heterocycles. The minimum absolute atomic E-state index is 0.0329. The molecule has 0 aliphatic carbocycles. The molecule has 0 aliphatic rings. The zero-order chi connectivity index (χ0) is 18.9. The number of hydrogen-bond acceptors (Lipinski definition) is 4. The van der Waals surface area contributed by atoms with Gasteiger partial charge in [-0.15, -0.1) is 23.1 Å². The van der Waals surface area contributed by atoms with Crippen LogP contribution in [0.4, 0.5) is 0 Å². The first-order valence-electron chi connectivity index (χ1n) is 8.97. The number of hydrogen-bond donors (Lipinski definition) is 0. The van der Waals surface area contributed by atoms with E-state index in [0.717, 1.165) is 26.6 Å². The van der Waals surface area contributed by atoms with Crippen LogP contribution in [0.2, 0.25) is 0 Å². The molecule has 0 spiro atoms. The van der Waals surface area contributed by atoms with E-state index in [9.17, 15) is 4.79 Å². The van der Waals surface area contributed by atoms with Crippen LogP contribution >= 0.6 is 23.1 Å². The Kier molecular flexibility index (Phi) is 4.47. The number of rotatable bonds is 5. The van der Waals surface area contributed by atoms with Crippen LogP contribution in [0.1, 0.15) is 20.8 Å². The Labute approximate surface area is 170 Å². The summed E-state index contributed by atoms with van der Waals surface area (Å²) in [6.07, 6.45) is 2.01. The van der Waals surface area contributed by atoms with Gasteiger partial charge < -0.3 is 0 Å². The van der Waals surface area contributed by atoms with E-state index in [-0.39, 0.29) is 5.78 Å². The highest BCUT2D eigenvalue weighted by atomic mass is 32.2. The van der Waals surface area contributed by atoms with Crippen LogP contribution in [0.5, 0.6) is 0 Å². The third-order valence-corrected chi connectivity index (χ3v) is 7.09. The van der Waals surface area contributed by atoms with E-state index >= 15 is 0 Å². The molecule has 5 rings (SSSR count). The molecule has 0 bridgehead atoms. The highest BCUT2D eigenvalue weighted by Crippen LogP contribution is 2.40. The average Bonchev–Trinajstić information content (AvgIpc) is 3.30. The third kappa shape index (κ3) is 3.03. The molecule has 136 valence electrons. The summed E-state index contributed by atoms with van der Waals surface area (Å²) >= 11 is 3.31. The van der Waals surface area contributed by atoms with Crippen molar-refractivity contribution in [3.05, 3.63) is 101 Å². The molecule has 3 aromatic heterocycles. The predicted octanol–water partition coefficient (Wildman–Crippen LogP) is 6.07. The number of aromatic nitrogens is 2. The highest BCUT2D eigenvalue weighted by molar-refractivity contribution is 8.00. The molecule has 0 saturated carbocycles. The second-order valence-corrected chi connectivity index (χ2v) is 8.69. The normalized spacial score (nSPS) is 11.3. The molecule has 0 N–H and O–H groups in total. The molecule has 28 heavy (non-hydrogen) atoms. The molecule has 5 heteroatoms. The standard InChI is InChI=1S/C23H16N2OS2/c26-21(17-11-5-2-6-12-17)22-19-20(25-14-8-7-13-18(25)24-19)23(28-22)27-15-16-9-3-1-4-10-16/h1-14H,15H2. The average molecular weight is 401 g/mol. The zero-order valence-electron chi connectivity index (χ0n) is 14.9. The first kappa shape index (κ1) is 17.2. The minimum Gasteiger partial charge on any atom is -0.298 e. The van der Waals surface area contributed by atoms with E-state index in [4.69, 9.17) is 4.98 Å². The quantitative estimate of drug-likeness (QED) is 0.265. The molecule has 3 nitrogen and oxygen atoms in total. The lowest BCUT2D eigenvalue weighted by Gasteiger charge is -2.01. The number of thioether (sulfide) groups is 1. The van der Waals surface area contributed by atoms with Crippen molar-refractivity contribution in [3.8, 4) is 0 Å². The number of fused-ring (bicyclic) bond motifs is 3. The van der Waals surface area contributed by atoms with E-state index in [1.165, 1.54) is 5.56 Å². The van der Waals surface area contributed by atoms with Crippen molar-refractivity contribution < 1.29 is 4.79 Å². The molecule has 0 amide bonds. The van der Waals surface area contributed by atoms with Gasteiger partial charge in [-0.3, -0.25) is 9.20 Å². The van der Waals surface area contributed by atoms with Crippen LogP contribution < -0.4 is 0 Å². The molecule has 2 aromatic carbocycles. The lowest BCUT2D eigenvalue weighted by molar-refractivity contribution is 0.104. The zero-order valence-corrected chi connectivity index (χ0v) is 16.5. The largest absolute Gasteiger partial charge is 0.298 e. The van der Waals surface area contributed by atoms with Gasteiger partial charge in [-0.2, -0.15) is 0 Å². The Morgan fingerprint density at radius 3 is 2.43 bits per heavy atom. The monoisotopic (exact) mass is 400 g/mol. The molecule has 0 atom stereocenters. The van der Waals surface area contributed by atoms with Crippen LogP contribution in [0.15, 0.2) is 89.3 Å². The molecule has 3 heterocycles. The Morgan fingerprint density at radius 1 is 0.929 bits per heavy atom. The lowest BCUT2D eigenvalue weighted by Crippen LogP contribution is -1.98. The van der Waals surface area contributed by atoms with Gasteiger partial charge >= 0.3 is 0 Å². The molecule has 0 saturated heterocycles. The van der Waals surface area contributed by atoms with Gasteiger partial charge in [0.05, 0.1) is 9.73 Å². The second kappa shape index (κ2) is 7.26. The van der Waals surface area contributed by atoms with Crippen molar-refractivity contribution >= 4 is 45.6 Å². The van der Waals surface area contributed by atoms with E-state index < -0.39 is 0 Å². The van der Waals surface area contributed by atoms with Crippen LogP contribution in [-0.4, -0.2) is 15.2 Å². The summed E-state index contributed by atoms with van der Waals surface area (Å²) in [5.74, 6) is 0.890. The minimum atomic E-state index is 0.0329. The fraction of sp³-hybridized carbons (Fsp3) is 0.0435. The van der Waals surface area contributed by atoms with Gasteiger partial charge in [0.1, 0.15) is 16.0 Å². The molecular weight excluding hydrogens is 384 g/mol. The molecule has 0 fully saturated rings. The number of imidazole rings is 1. The van der Waals surface area contributed by atoms with Gasteiger partial charge in [0.15, 0.2) is 0 Å². The molecule has 5 aromatic rings. The maximum atomic E-state index is 13.2. The summed E-state index contributed by atoms with van der Waals surface area (Å²) in [5.41, 5.74) is 4.64. The highest BCUT2D eigenvalue weighted by Gasteiger charge is 2.23. The summed E-state index contributed by atoms with van der Waals surface area (Å²) in [7, 11) is 0. The SMILES string of the molecule is O=C(c1ccccc1)c1sc(SCc2ccccc2)c2c1nc1ccccn12. The summed E-state index contributed by atoms with van der Waals surface area (Å²) in [6, 6.07) is 25.8. The van der Waals surface area contributed by atoms with Crippen molar-refractivity contribution in [2.24, 2.45) is 0 Å². The van der Waals surface area contributed by atoms with Gasteiger partial charge in [0.2, 0.25) is 5.78 Å². The molecular formula is C23H16N2OS2. The summed E-state index contributed by atoms with van der Waals surface area (Å²) in [6.45, 7) is 0. The van der Waals surface area contributed by atoms with E-state index in [1.54, 1.807) is 23.1 Å². The summed E-state index contributed by atoms with van der Waals surface area (Å²) in [4.78, 5) is 18.7. The smallest absolute Gasteiger partial charge is 0.205 e. The Morgan fingerprint density at radius 2 is 1.64 bits per heavy atom. The maximum Gasteiger partial charge on any atom is 0.205 e. The van der Waals surface area contributed by atoms with Gasteiger partial charge in [0, 0.05) is 17.5 Å². The van der Waals surface area contributed by atoms with Crippen molar-refractivity contribution in [2.45, 2.75) is 9.96 Å². The van der Waals surface area contributed by atoms with Crippen LogP contribution in [-0.2, 0) is 5.75 Å². The van der Waals surface area contributed by atoms with Crippen molar-refractivity contribution in [2.75, 3.05) is 0 Å². The number of carbonyl (C=O) groups is 1. The van der Waals surface area contributed by atoms with E-state index in [2.05, 4.69) is 28.7 Å². The second-order valence-electron chi connectivity index (χ2n) is 6.43. The van der Waals surface area contributed by atoms with E-state index in [1.807, 2.05) is 60.8 Å². The van der Waals surface area contributed by atoms with Gasteiger partial charge in [-0.1, -0.05) is 66.7 Å². The first-order chi connectivity index (χ1) is 13.8. The Hall–Kier alpha value is -2.89. The van der Waals surface area contributed by atoms with Gasteiger partial charge in [0.25, 0.3) is 0 Å². The topological polar surface area (TPSA) is 34.4 Å². The number of pyridine rings is 1. The number of carbonyl (C=O) groups excluding carboxylic acids is 1. The van der Waals surface area contributed by atoms with Crippen molar-refractivity contribution in [1.29, 1.82) is 0 Å². The summed E-state index contributed by atoms with van der Waals surface area (Å²) in [5, 5.41) is 0. The van der Waals surface area contributed by atoms with Gasteiger partial charge in [-0.25, -0.2) is 4.98 Å². The first-order valence-corrected chi connectivity index (χ1v) is 10.8. The Bertz CT molecular complexity index is 1270. The number of benzene rings is 2.